The first-order chi connectivity index (χ1) is 16.3. The summed E-state index contributed by atoms with van der Waals surface area (Å²) in [5, 5.41) is 4.68. The molecule has 1 aromatic carbocycles. The van der Waals surface area contributed by atoms with Crippen LogP contribution in [0.4, 0.5) is 18.0 Å². The van der Waals surface area contributed by atoms with Crippen molar-refractivity contribution >= 4 is 22.0 Å². The number of hydrogen-bond donors (Lipinski definition) is 1. The molecular formula is C21H21F3N4O6S. The number of halogens is 3. The molecule has 0 radical (unpaired) electrons. The third-order valence-corrected chi connectivity index (χ3v) is 6.65. The second kappa shape index (κ2) is 9.00. The Kier molecular flexibility index (Phi) is 6.36. The molecule has 1 spiro atoms. The van der Waals surface area contributed by atoms with Crippen LogP contribution in [0, 0.1) is 5.41 Å². The number of benzene rings is 1. The number of sulfonamides is 1. The molecular weight excluding hydrogens is 493 g/mol. The van der Waals surface area contributed by atoms with E-state index < -0.39 is 22.5 Å². The zero-order valence-corrected chi connectivity index (χ0v) is 19.0. The zero-order chi connectivity index (χ0) is 25.4. The Morgan fingerprint density at radius 2 is 1.71 bits per heavy atom. The first-order valence-electron chi connectivity index (χ1n) is 10.4. The summed E-state index contributed by atoms with van der Waals surface area (Å²) in [6, 6.07) is 7.54. The van der Waals surface area contributed by atoms with Crippen LogP contribution in [0.25, 0.3) is 0 Å². The number of alkyl halides is 3. The van der Waals surface area contributed by atoms with E-state index in [-0.39, 0.29) is 34.3 Å². The van der Waals surface area contributed by atoms with Crippen LogP contribution in [0.1, 0.15) is 22.3 Å². The summed E-state index contributed by atoms with van der Waals surface area (Å²) in [7, 11) is -3.95. The van der Waals surface area contributed by atoms with Crippen LogP contribution >= 0.6 is 0 Å². The molecule has 10 nitrogen and oxygen atoms in total. The van der Waals surface area contributed by atoms with Crippen molar-refractivity contribution in [3.05, 3.63) is 53.7 Å². The Labute approximate surface area is 198 Å². The lowest BCUT2D eigenvalue weighted by Crippen LogP contribution is -2.59. The number of aromatic nitrogens is 1. The van der Waals surface area contributed by atoms with Gasteiger partial charge in [0.05, 0.1) is 5.56 Å². The van der Waals surface area contributed by atoms with Gasteiger partial charge in [0.2, 0.25) is 0 Å². The number of amides is 2. The molecule has 1 aromatic heterocycles. The number of ether oxygens (including phenoxy) is 2. The van der Waals surface area contributed by atoms with Crippen molar-refractivity contribution < 1.29 is 40.7 Å². The highest BCUT2D eigenvalue weighted by molar-refractivity contribution is 7.89. The maximum atomic E-state index is 12.6. The maximum absolute atomic E-state index is 12.6. The average molecular weight is 514 g/mol. The molecule has 0 atom stereocenters. The fourth-order valence-corrected chi connectivity index (χ4v) is 4.59. The van der Waals surface area contributed by atoms with E-state index in [1.807, 2.05) is 0 Å². The summed E-state index contributed by atoms with van der Waals surface area (Å²) >= 11 is 0. The van der Waals surface area contributed by atoms with Crippen LogP contribution in [0.5, 0.6) is 5.75 Å². The molecule has 2 fully saturated rings. The number of likely N-dealkylation sites (tertiary alicyclic amines) is 2. The molecule has 2 aliphatic rings. The number of carbonyl (C=O) groups excluding carboxylic acids is 2. The van der Waals surface area contributed by atoms with Crippen molar-refractivity contribution in [2.45, 2.75) is 24.4 Å². The van der Waals surface area contributed by atoms with Gasteiger partial charge in [0.1, 0.15) is 12.4 Å². The van der Waals surface area contributed by atoms with Crippen molar-refractivity contribution in [1.82, 2.24) is 14.8 Å². The minimum Gasteiger partial charge on any atom is -0.445 e. The van der Waals surface area contributed by atoms with E-state index >= 15 is 0 Å². The van der Waals surface area contributed by atoms with Crippen LogP contribution in [0.15, 0.2) is 47.6 Å². The standard InChI is InChI=1S/C21H21F3N4O6S/c22-21(23,24)34-16-4-1-14(2-5-16)10-33-19(30)27-8-7-20(11-27)12-28(13-20)18(29)15-3-6-17(26-9-15)35(25,31)32/h1-6,9H,7-8,10-13H2,(H2,25,31,32). The minimum atomic E-state index is -4.78. The smallest absolute Gasteiger partial charge is 0.445 e. The van der Waals surface area contributed by atoms with E-state index in [0.29, 0.717) is 38.2 Å². The summed E-state index contributed by atoms with van der Waals surface area (Å²) in [5.74, 6) is -0.669. The zero-order valence-electron chi connectivity index (χ0n) is 18.2. The van der Waals surface area contributed by atoms with Crippen LogP contribution in [-0.2, 0) is 21.4 Å². The first-order valence-corrected chi connectivity index (χ1v) is 11.9. The average Bonchev–Trinajstić information content (AvgIpc) is 3.21. The quantitative estimate of drug-likeness (QED) is 0.646. The topological polar surface area (TPSA) is 132 Å². The van der Waals surface area contributed by atoms with Gasteiger partial charge in [-0.15, -0.1) is 13.2 Å². The predicted molar refractivity (Wildman–Crippen MR) is 113 cm³/mol. The summed E-state index contributed by atoms with van der Waals surface area (Å²) < 4.78 is 68.3. The van der Waals surface area contributed by atoms with Gasteiger partial charge in [0.15, 0.2) is 5.03 Å². The van der Waals surface area contributed by atoms with Crippen LogP contribution in [-0.4, -0.2) is 67.7 Å². The molecule has 0 saturated carbocycles. The van der Waals surface area contributed by atoms with Gasteiger partial charge in [0, 0.05) is 37.8 Å². The van der Waals surface area contributed by atoms with Crippen molar-refractivity contribution in [3.8, 4) is 5.75 Å². The lowest BCUT2D eigenvalue weighted by molar-refractivity contribution is -0.274. The second-order valence-electron chi connectivity index (χ2n) is 8.51. The molecule has 2 aliphatic heterocycles. The summed E-state index contributed by atoms with van der Waals surface area (Å²) in [5.41, 5.74) is 0.483. The van der Waals surface area contributed by atoms with Gasteiger partial charge in [-0.2, -0.15) is 0 Å². The third-order valence-electron chi connectivity index (χ3n) is 5.83. The van der Waals surface area contributed by atoms with E-state index in [1.165, 1.54) is 29.2 Å². The molecule has 2 amide bonds. The van der Waals surface area contributed by atoms with Crippen LogP contribution in [0.2, 0.25) is 0 Å². The molecule has 14 heteroatoms. The number of nitrogens with zero attached hydrogens (tertiary/aromatic N) is 3. The fraction of sp³-hybridized carbons (Fsp3) is 0.381. The number of hydrogen-bond acceptors (Lipinski definition) is 7. The molecule has 35 heavy (non-hydrogen) atoms. The monoisotopic (exact) mass is 514 g/mol. The van der Waals surface area contributed by atoms with Gasteiger partial charge in [-0.05, 0) is 36.2 Å². The highest BCUT2D eigenvalue weighted by Crippen LogP contribution is 2.40. The van der Waals surface area contributed by atoms with E-state index in [0.717, 1.165) is 18.3 Å². The Balaban J connectivity index is 1.25. The van der Waals surface area contributed by atoms with E-state index in [9.17, 15) is 31.2 Å². The Hall–Kier alpha value is -3.39. The Morgan fingerprint density at radius 3 is 2.29 bits per heavy atom. The minimum absolute atomic E-state index is 0.110. The van der Waals surface area contributed by atoms with Gasteiger partial charge in [-0.3, -0.25) is 4.79 Å². The highest BCUT2D eigenvalue weighted by atomic mass is 32.2. The number of primary sulfonamides is 1. The predicted octanol–water partition coefficient (Wildman–Crippen LogP) is 2.11. The number of nitrogens with two attached hydrogens (primary N) is 1. The SMILES string of the molecule is NS(=O)(=O)c1ccc(C(=O)N2CC3(CCN(C(=O)OCc4ccc(OC(F)(F)F)cc4)C3)C2)cn1. The van der Waals surface area contributed by atoms with Crippen LogP contribution in [0.3, 0.4) is 0 Å². The van der Waals surface area contributed by atoms with E-state index in [1.54, 1.807) is 4.90 Å². The molecule has 3 heterocycles. The van der Waals surface area contributed by atoms with E-state index in [4.69, 9.17) is 9.88 Å². The van der Waals surface area contributed by atoms with Crippen molar-refractivity contribution in [3.63, 3.8) is 0 Å². The first kappa shape index (κ1) is 24.7. The number of rotatable bonds is 5. The highest BCUT2D eigenvalue weighted by Gasteiger charge is 2.50. The maximum Gasteiger partial charge on any atom is 0.573 e. The molecule has 2 saturated heterocycles. The molecule has 4 rings (SSSR count). The van der Waals surface area contributed by atoms with Gasteiger partial charge >= 0.3 is 12.5 Å². The molecule has 2 N–H and O–H groups in total. The third kappa shape index (κ3) is 5.82. The lowest BCUT2D eigenvalue weighted by atomic mass is 9.79. The van der Waals surface area contributed by atoms with Gasteiger partial charge < -0.3 is 19.3 Å². The summed E-state index contributed by atoms with van der Waals surface area (Å²) in [6.45, 7) is 1.58. The van der Waals surface area contributed by atoms with Gasteiger partial charge in [-0.25, -0.2) is 23.3 Å². The summed E-state index contributed by atoms with van der Waals surface area (Å²) in [4.78, 5) is 31.9. The second-order valence-corrected chi connectivity index (χ2v) is 10.0. The van der Waals surface area contributed by atoms with Crippen molar-refractivity contribution in [1.29, 1.82) is 0 Å². The Bertz CT molecular complexity index is 1210. The van der Waals surface area contributed by atoms with Crippen molar-refractivity contribution in [2.75, 3.05) is 26.2 Å². The van der Waals surface area contributed by atoms with E-state index in [2.05, 4.69) is 9.72 Å². The molecule has 0 aliphatic carbocycles. The van der Waals surface area contributed by atoms with Gasteiger partial charge in [0.25, 0.3) is 15.9 Å². The number of pyridine rings is 1. The van der Waals surface area contributed by atoms with Crippen LogP contribution < -0.4 is 9.88 Å². The lowest BCUT2D eigenvalue weighted by Gasteiger charge is -2.47. The molecule has 0 bridgehead atoms. The molecule has 0 unspecified atom stereocenters. The van der Waals surface area contributed by atoms with Gasteiger partial charge in [-0.1, -0.05) is 12.1 Å². The molecule has 2 aromatic rings. The van der Waals surface area contributed by atoms with Crippen molar-refractivity contribution in [2.24, 2.45) is 10.6 Å². The number of carbonyl (C=O) groups is 2. The fourth-order valence-electron chi connectivity index (χ4n) is 4.14. The molecule has 188 valence electrons. The normalized spacial score (nSPS) is 17.3. The Morgan fingerprint density at radius 1 is 1.06 bits per heavy atom. The largest absolute Gasteiger partial charge is 0.573 e. The summed E-state index contributed by atoms with van der Waals surface area (Å²) in [6.07, 6.45) is -3.49.